The first-order chi connectivity index (χ1) is 7.33. The van der Waals surface area contributed by atoms with E-state index in [1.165, 1.54) is 11.5 Å². The molecule has 0 bridgehead atoms. The maximum atomic E-state index is 5.85. The van der Waals surface area contributed by atoms with Crippen LogP contribution in [-0.2, 0) is 0 Å². The Kier molecular flexibility index (Phi) is 2.03. The smallest absolute Gasteiger partial charge is 0.226 e. The predicted molar refractivity (Wildman–Crippen MR) is 60.0 cm³/mol. The van der Waals surface area contributed by atoms with Crippen molar-refractivity contribution in [1.29, 1.82) is 0 Å². The molecule has 0 saturated carbocycles. The highest BCUT2D eigenvalue weighted by molar-refractivity contribution is 7.12. The van der Waals surface area contributed by atoms with Gasteiger partial charge in [-0.1, -0.05) is 0 Å². The molecule has 0 aromatic carbocycles. The molecule has 0 amide bonds. The Balaban J connectivity index is 1.97. The highest BCUT2D eigenvalue weighted by atomic mass is 32.1. The van der Waals surface area contributed by atoms with E-state index < -0.39 is 0 Å². The summed E-state index contributed by atoms with van der Waals surface area (Å²) in [7, 11) is 0. The molecule has 2 N–H and O–H groups in total. The summed E-state index contributed by atoms with van der Waals surface area (Å²) in [6, 6.07) is 0.255. The molecule has 0 radical (unpaired) electrons. The molecule has 3 rings (SSSR count). The van der Waals surface area contributed by atoms with Crippen LogP contribution in [0.2, 0.25) is 0 Å². The first kappa shape index (κ1) is 8.99. The minimum atomic E-state index is 0.255. The molecule has 2 aromatic heterocycles. The minimum absolute atomic E-state index is 0.255. The van der Waals surface area contributed by atoms with Crippen LogP contribution in [0.5, 0.6) is 0 Å². The third-order valence-electron chi connectivity index (χ3n) is 2.61. The maximum absolute atomic E-state index is 5.85. The van der Waals surface area contributed by atoms with Crippen molar-refractivity contribution in [2.75, 3.05) is 18.0 Å². The fraction of sp³-hybridized carbons (Fsp3) is 0.444. The van der Waals surface area contributed by atoms with Crippen LogP contribution in [0.4, 0.5) is 5.95 Å². The summed E-state index contributed by atoms with van der Waals surface area (Å²) < 4.78 is 4.08. The number of rotatable bonds is 1. The van der Waals surface area contributed by atoms with Crippen molar-refractivity contribution < 1.29 is 0 Å². The highest BCUT2D eigenvalue weighted by Crippen LogP contribution is 2.20. The van der Waals surface area contributed by atoms with E-state index in [-0.39, 0.29) is 6.04 Å². The number of hydrogen-bond donors (Lipinski definition) is 1. The first-order valence-electron chi connectivity index (χ1n) is 4.91. The van der Waals surface area contributed by atoms with Crippen molar-refractivity contribution in [2.24, 2.45) is 5.73 Å². The van der Waals surface area contributed by atoms with Crippen LogP contribution in [0.15, 0.2) is 12.4 Å². The Morgan fingerprint density at radius 3 is 3.20 bits per heavy atom. The van der Waals surface area contributed by atoms with Gasteiger partial charge in [0.15, 0.2) is 0 Å². The van der Waals surface area contributed by atoms with E-state index in [2.05, 4.69) is 19.2 Å². The van der Waals surface area contributed by atoms with Gasteiger partial charge >= 0.3 is 0 Å². The van der Waals surface area contributed by atoms with Gasteiger partial charge in [-0.15, -0.1) is 0 Å². The van der Waals surface area contributed by atoms with E-state index in [0.717, 1.165) is 35.7 Å². The summed E-state index contributed by atoms with van der Waals surface area (Å²) >= 11 is 1.40. The zero-order valence-corrected chi connectivity index (χ0v) is 8.94. The Labute approximate surface area is 91.1 Å². The Hall–Kier alpha value is -1.27. The second kappa shape index (κ2) is 3.39. The molecular formula is C9H11N5S. The molecule has 1 fully saturated rings. The van der Waals surface area contributed by atoms with Crippen LogP contribution in [0, 0.1) is 0 Å². The molecule has 5 nitrogen and oxygen atoms in total. The molecule has 1 unspecified atom stereocenters. The fourth-order valence-corrected chi connectivity index (χ4v) is 2.38. The van der Waals surface area contributed by atoms with Crippen molar-refractivity contribution in [3.63, 3.8) is 0 Å². The van der Waals surface area contributed by atoms with E-state index in [0.29, 0.717) is 0 Å². The molecule has 0 spiro atoms. The van der Waals surface area contributed by atoms with E-state index >= 15 is 0 Å². The quantitative estimate of drug-likeness (QED) is 0.764. The number of fused-ring (bicyclic) bond motifs is 1. The van der Waals surface area contributed by atoms with Gasteiger partial charge < -0.3 is 10.6 Å². The van der Waals surface area contributed by atoms with Crippen molar-refractivity contribution >= 4 is 27.7 Å². The standard InChI is InChI=1S/C9H11N5S/c10-7-1-2-14(5-7)9-11-3-6-4-12-15-8(6)13-9/h3-4,7H,1-2,5,10H2. The molecule has 1 saturated heterocycles. The van der Waals surface area contributed by atoms with E-state index in [1.54, 1.807) is 6.20 Å². The largest absolute Gasteiger partial charge is 0.339 e. The average Bonchev–Trinajstić information content (AvgIpc) is 2.84. The number of nitrogens with two attached hydrogens (primary N) is 1. The van der Waals surface area contributed by atoms with Crippen LogP contribution in [-0.4, -0.2) is 33.5 Å². The highest BCUT2D eigenvalue weighted by Gasteiger charge is 2.21. The number of aromatic nitrogens is 3. The van der Waals surface area contributed by atoms with Crippen LogP contribution in [0.3, 0.4) is 0 Å². The number of nitrogens with zero attached hydrogens (tertiary/aromatic N) is 4. The average molecular weight is 221 g/mol. The van der Waals surface area contributed by atoms with E-state index in [9.17, 15) is 0 Å². The summed E-state index contributed by atoms with van der Waals surface area (Å²) in [4.78, 5) is 11.9. The predicted octanol–water partition coefficient (Wildman–Crippen LogP) is 0.624. The Morgan fingerprint density at radius 1 is 1.47 bits per heavy atom. The maximum Gasteiger partial charge on any atom is 0.226 e. The minimum Gasteiger partial charge on any atom is -0.339 e. The van der Waals surface area contributed by atoms with Gasteiger partial charge in [0.1, 0.15) is 4.83 Å². The monoisotopic (exact) mass is 221 g/mol. The molecule has 3 heterocycles. The lowest BCUT2D eigenvalue weighted by Gasteiger charge is -2.14. The molecule has 1 aliphatic heterocycles. The zero-order chi connectivity index (χ0) is 10.3. The summed E-state index contributed by atoms with van der Waals surface area (Å²) in [5.41, 5.74) is 5.85. The van der Waals surface area contributed by atoms with Gasteiger partial charge in [-0.05, 0) is 18.0 Å². The zero-order valence-electron chi connectivity index (χ0n) is 8.13. The Bertz CT molecular complexity index is 482. The van der Waals surface area contributed by atoms with Gasteiger partial charge in [-0.2, -0.15) is 4.37 Å². The molecule has 2 aromatic rings. The SMILES string of the molecule is NC1CCN(c2ncc3cnsc3n2)C1. The fourth-order valence-electron chi connectivity index (χ4n) is 1.78. The van der Waals surface area contributed by atoms with Crippen LogP contribution in [0.1, 0.15) is 6.42 Å². The van der Waals surface area contributed by atoms with Gasteiger partial charge in [0.2, 0.25) is 5.95 Å². The Morgan fingerprint density at radius 2 is 2.40 bits per heavy atom. The molecule has 6 heteroatoms. The van der Waals surface area contributed by atoms with Gasteiger partial charge in [0.25, 0.3) is 0 Å². The third-order valence-corrected chi connectivity index (χ3v) is 3.32. The molecule has 1 aliphatic rings. The lowest BCUT2D eigenvalue weighted by molar-refractivity contribution is 0.750. The van der Waals surface area contributed by atoms with Gasteiger partial charge in [-0.25, -0.2) is 9.97 Å². The van der Waals surface area contributed by atoms with Crippen LogP contribution in [0.25, 0.3) is 10.2 Å². The molecule has 78 valence electrons. The van der Waals surface area contributed by atoms with Crippen LogP contribution < -0.4 is 10.6 Å². The second-order valence-electron chi connectivity index (χ2n) is 3.75. The lowest BCUT2D eigenvalue weighted by atomic mass is 10.3. The number of hydrogen-bond acceptors (Lipinski definition) is 6. The number of anilines is 1. The summed E-state index contributed by atoms with van der Waals surface area (Å²) in [5, 5.41) is 1.01. The first-order valence-corrected chi connectivity index (χ1v) is 5.68. The van der Waals surface area contributed by atoms with Crippen molar-refractivity contribution in [3.8, 4) is 0 Å². The third kappa shape index (κ3) is 1.55. The lowest BCUT2D eigenvalue weighted by Crippen LogP contribution is -2.27. The van der Waals surface area contributed by atoms with Crippen molar-refractivity contribution in [2.45, 2.75) is 12.5 Å². The van der Waals surface area contributed by atoms with Crippen molar-refractivity contribution in [1.82, 2.24) is 14.3 Å². The van der Waals surface area contributed by atoms with Gasteiger partial charge in [-0.3, -0.25) is 0 Å². The summed E-state index contributed by atoms with van der Waals surface area (Å²) in [5.74, 6) is 0.778. The normalized spacial score (nSPS) is 21.4. The van der Waals surface area contributed by atoms with Gasteiger partial charge in [0.05, 0.1) is 6.20 Å². The second-order valence-corrected chi connectivity index (χ2v) is 4.53. The van der Waals surface area contributed by atoms with E-state index in [4.69, 9.17) is 5.73 Å². The van der Waals surface area contributed by atoms with Crippen LogP contribution >= 0.6 is 11.5 Å². The van der Waals surface area contributed by atoms with E-state index in [1.807, 2.05) is 6.20 Å². The molecule has 0 aliphatic carbocycles. The van der Waals surface area contributed by atoms with Gasteiger partial charge in [0, 0.05) is 30.7 Å². The van der Waals surface area contributed by atoms with Crippen molar-refractivity contribution in [3.05, 3.63) is 12.4 Å². The molecule has 1 atom stereocenters. The molecular weight excluding hydrogens is 210 g/mol. The summed E-state index contributed by atoms with van der Waals surface area (Å²) in [6.07, 6.45) is 4.63. The topological polar surface area (TPSA) is 67.9 Å². The molecule has 15 heavy (non-hydrogen) atoms. The summed E-state index contributed by atoms with van der Waals surface area (Å²) in [6.45, 7) is 1.80.